The van der Waals surface area contributed by atoms with Gasteiger partial charge in [0.2, 0.25) is 0 Å². The minimum Gasteiger partial charge on any atom is -0.332 e. The van der Waals surface area contributed by atoms with Gasteiger partial charge < -0.3 is 5.32 Å². The number of nitrogens with zero attached hydrogens (tertiary/aromatic N) is 2. The van der Waals surface area contributed by atoms with Crippen LogP contribution < -0.4 is 16.3 Å². The van der Waals surface area contributed by atoms with E-state index in [4.69, 9.17) is 12.2 Å². The maximum absolute atomic E-state index is 12.9. The minimum atomic E-state index is -0.432. The van der Waals surface area contributed by atoms with Crippen LogP contribution in [0.3, 0.4) is 0 Å². The van der Waals surface area contributed by atoms with Gasteiger partial charge in [-0.2, -0.15) is 4.98 Å². The summed E-state index contributed by atoms with van der Waals surface area (Å²) in [6, 6.07) is 16.8. The van der Waals surface area contributed by atoms with Gasteiger partial charge in [0.25, 0.3) is 5.91 Å². The van der Waals surface area contributed by atoms with Crippen LogP contribution >= 0.6 is 12.2 Å². The van der Waals surface area contributed by atoms with E-state index in [0.717, 1.165) is 11.3 Å². The third-order valence-electron chi connectivity index (χ3n) is 4.16. The number of carbonyl (C=O) groups is 1. The molecule has 2 aromatic carbocycles. The fourth-order valence-corrected chi connectivity index (χ4v) is 2.88. The molecule has 0 spiro atoms. The smallest absolute Gasteiger partial charge is 0.332 e. The number of anilines is 1. The van der Waals surface area contributed by atoms with Gasteiger partial charge in [0.05, 0.1) is 11.3 Å². The number of hydrogen-bond donors (Lipinski definition) is 2. The summed E-state index contributed by atoms with van der Waals surface area (Å²) in [5.74, 6) is -0.432. The highest BCUT2D eigenvalue weighted by molar-refractivity contribution is 7.80. The second-order valence-corrected chi connectivity index (χ2v) is 6.62. The summed E-state index contributed by atoms with van der Waals surface area (Å²) in [7, 11) is 0. The van der Waals surface area contributed by atoms with E-state index in [1.54, 1.807) is 12.1 Å². The molecular weight excluding hydrogens is 372 g/mol. The number of aromatic nitrogens is 2. The maximum Gasteiger partial charge on any atom is 0.348 e. The molecule has 0 fully saturated rings. The van der Waals surface area contributed by atoms with Crippen molar-refractivity contribution in [3.63, 3.8) is 0 Å². The Morgan fingerprint density at radius 3 is 2.43 bits per heavy atom. The van der Waals surface area contributed by atoms with E-state index in [-0.39, 0.29) is 10.7 Å². The molecule has 0 atom stereocenters. The van der Waals surface area contributed by atoms with Crippen LogP contribution in [0, 0.1) is 6.92 Å². The molecule has 0 aliphatic rings. The number of rotatable bonds is 4. The number of carbonyl (C=O) groups excluding carboxylic acids is 1. The first kappa shape index (κ1) is 19.4. The summed E-state index contributed by atoms with van der Waals surface area (Å²) >= 11 is 5.26. The minimum absolute atomic E-state index is 0.169. The molecule has 142 valence electrons. The predicted octanol–water partition coefficient (Wildman–Crippen LogP) is 3.37. The number of aryl methyl sites for hydroxylation is 2. The van der Waals surface area contributed by atoms with Gasteiger partial charge in [-0.25, -0.2) is 4.79 Å². The summed E-state index contributed by atoms with van der Waals surface area (Å²) < 4.78 is 1.39. The topological polar surface area (TPSA) is 76.0 Å². The van der Waals surface area contributed by atoms with E-state index in [0.29, 0.717) is 17.8 Å². The van der Waals surface area contributed by atoms with Gasteiger partial charge in [0, 0.05) is 24.0 Å². The molecule has 7 heteroatoms. The van der Waals surface area contributed by atoms with E-state index in [1.165, 1.54) is 10.8 Å². The molecule has 0 radical (unpaired) electrons. The first-order chi connectivity index (χ1) is 13.5. The van der Waals surface area contributed by atoms with Crippen molar-refractivity contribution in [1.82, 2.24) is 14.9 Å². The quantitative estimate of drug-likeness (QED) is 0.666. The molecule has 0 unspecified atom stereocenters. The van der Waals surface area contributed by atoms with Crippen LogP contribution in [0.15, 0.2) is 65.6 Å². The zero-order valence-corrected chi connectivity index (χ0v) is 16.4. The van der Waals surface area contributed by atoms with Crippen molar-refractivity contribution in [3.05, 3.63) is 82.4 Å². The highest BCUT2D eigenvalue weighted by Gasteiger charge is 2.18. The fraction of sp³-hybridized carbons (Fsp3) is 0.143. The average molecular weight is 392 g/mol. The lowest BCUT2D eigenvalue weighted by Gasteiger charge is -2.13. The second kappa shape index (κ2) is 8.58. The summed E-state index contributed by atoms with van der Waals surface area (Å²) in [6.45, 7) is 4.22. The Morgan fingerprint density at radius 1 is 1.11 bits per heavy atom. The normalized spacial score (nSPS) is 10.4. The van der Waals surface area contributed by atoms with Gasteiger partial charge in [-0.3, -0.25) is 14.7 Å². The molecule has 1 amide bonds. The molecule has 28 heavy (non-hydrogen) atoms. The van der Waals surface area contributed by atoms with Crippen LogP contribution in [-0.4, -0.2) is 20.6 Å². The molecule has 0 aliphatic carbocycles. The third-order valence-corrected chi connectivity index (χ3v) is 4.37. The van der Waals surface area contributed by atoms with Crippen LogP contribution in [0.5, 0.6) is 0 Å². The Balaban J connectivity index is 1.88. The van der Waals surface area contributed by atoms with Crippen molar-refractivity contribution >= 4 is 28.9 Å². The summed E-state index contributed by atoms with van der Waals surface area (Å²) in [5.41, 5.74) is 2.78. The molecule has 0 saturated carbocycles. The van der Waals surface area contributed by atoms with Crippen LogP contribution in [0.2, 0.25) is 0 Å². The molecule has 6 nitrogen and oxygen atoms in total. The first-order valence-electron chi connectivity index (χ1n) is 8.84. The van der Waals surface area contributed by atoms with E-state index in [2.05, 4.69) is 15.6 Å². The maximum atomic E-state index is 12.9. The van der Waals surface area contributed by atoms with Crippen molar-refractivity contribution in [2.24, 2.45) is 0 Å². The highest BCUT2D eigenvalue weighted by atomic mass is 32.1. The number of hydrogen-bond acceptors (Lipinski definition) is 4. The highest BCUT2D eigenvalue weighted by Crippen LogP contribution is 2.20. The predicted molar refractivity (Wildman–Crippen MR) is 114 cm³/mol. The number of benzene rings is 2. The van der Waals surface area contributed by atoms with Crippen LogP contribution in [0.1, 0.15) is 22.8 Å². The Kier molecular flexibility index (Phi) is 5.96. The zero-order chi connectivity index (χ0) is 20.1. The van der Waals surface area contributed by atoms with Gasteiger partial charge in [0.15, 0.2) is 5.11 Å². The molecule has 2 N–H and O–H groups in total. The number of amides is 1. The summed E-state index contributed by atoms with van der Waals surface area (Å²) in [4.78, 5) is 29.2. The summed E-state index contributed by atoms with van der Waals surface area (Å²) in [6.07, 6.45) is 1.52. The lowest BCUT2D eigenvalue weighted by molar-refractivity contribution is 0.0977. The first-order valence-corrected chi connectivity index (χ1v) is 9.24. The van der Waals surface area contributed by atoms with Gasteiger partial charge in [-0.1, -0.05) is 48.0 Å². The van der Waals surface area contributed by atoms with E-state index >= 15 is 0 Å². The number of thiocarbonyl (C=S) groups is 1. The molecule has 3 aromatic rings. The monoisotopic (exact) mass is 392 g/mol. The van der Waals surface area contributed by atoms with Crippen molar-refractivity contribution in [1.29, 1.82) is 0 Å². The zero-order valence-electron chi connectivity index (χ0n) is 15.6. The molecular formula is C21H20N4O2S. The molecule has 0 saturated heterocycles. The fourth-order valence-electron chi connectivity index (χ4n) is 2.67. The van der Waals surface area contributed by atoms with E-state index < -0.39 is 11.6 Å². The van der Waals surface area contributed by atoms with Gasteiger partial charge in [-0.15, -0.1) is 0 Å². The van der Waals surface area contributed by atoms with E-state index in [9.17, 15) is 9.59 Å². The Hall–Kier alpha value is -3.32. The summed E-state index contributed by atoms with van der Waals surface area (Å²) in [5, 5.41) is 5.81. The van der Waals surface area contributed by atoms with Gasteiger partial charge in [0.1, 0.15) is 0 Å². The van der Waals surface area contributed by atoms with Crippen LogP contribution in [0.25, 0.3) is 11.3 Å². The Morgan fingerprint density at radius 2 is 1.79 bits per heavy atom. The van der Waals surface area contributed by atoms with Gasteiger partial charge in [-0.05, 0) is 38.2 Å². The SMILES string of the molecule is CCn1cc(C(=O)NC(=S)Nc2ccc(C)cc2)c(-c2ccccc2)nc1=O. The largest absolute Gasteiger partial charge is 0.348 e. The standard InChI is InChI=1S/C21H20N4O2S/c1-3-25-13-17(18(23-21(25)27)15-7-5-4-6-8-15)19(26)24-20(28)22-16-11-9-14(2)10-12-16/h4-13H,3H2,1-2H3,(H2,22,24,26,28). The molecule has 3 rings (SSSR count). The molecule has 1 heterocycles. The van der Waals surface area contributed by atoms with Crippen LogP contribution in [0.4, 0.5) is 5.69 Å². The Labute approximate surface area is 168 Å². The Bertz CT molecular complexity index is 1060. The van der Waals surface area contributed by atoms with Crippen molar-refractivity contribution in [2.45, 2.75) is 20.4 Å². The lowest BCUT2D eigenvalue weighted by Crippen LogP contribution is -2.36. The molecule has 0 bridgehead atoms. The second-order valence-electron chi connectivity index (χ2n) is 6.21. The molecule has 0 aliphatic heterocycles. The lowest BCUT2D eigenvalue weighted by atomic mass is 10.1. The van der Waals surface area contributed by atoms with Gasteiger partial charge >= 0.3 is 5.69 Å². The van der Waals surface area contributed by atoms with Crippen LogP contribution in [-0.2, 0) is 6.54 Å². The van der Waals surface area contributed by atoms with Crippen molar-refractivity contribution < 1.29 is 4.79 Å². The average Bonchev–Trinajstić information content (AvgIpc) is 2.70. The van der Waals surface area contributed by atoms with Crippen molar-refractivity contribution in [3.8, 4) is 11.3 Å². The molecule has 1 aromatic heterocycles. The third kappa shape index (κ3) is 4.50. The number of nitrogens with one attached hydrogen (secondary N) is 2. The van der Waals surface area contributed by atoms with E-state index in [1.807, 2.05) is 56.3 Å². The van der Waals surface area contributed by atoms with Crippen molar-refractivity contribution in [2.75, 3.05) is 5.32 Å².